The summed E-state index contributed by atoms with van der Waals surface area (Å²) >= 11 is 0. The van der Waals surface area contributed by atoms with Crippen molar-refractivity contribution >= 4 is 0 Å². The first-order chi connectivity index (χ1) is 5.86. The number of hydrogen-bond acceptors (Lipinski definition) is 2. The van der Waals surface area contributed by atoms with Gasteiger partial charge in [-0.15, -0.1) is 0 Å². The third kappa shape index (κ3) is 1.83. The molecule has 0 spiro atoms. The first kappa shape index (κ1) is 7.74. The monoisotopic (exact) mass is 162 g/mol. The van der Waals surface area contributed by atoms with Crippen LogP contribution in [0.15, 0.2) is 18.3 Å². The van der Waals surface area contributed by atoms with Gasteiger partial charge in [0.05, 0.1) is 5.69 Å². The topological polar surface area (TPSA) is 24.9 Å². The van der Waals surface area contributed by atoms with E-state index in [2.05, 4.69) is 23.3 Å². The van der Waals surface area contributed by atoms with Gasteiger partial charge < -0.3 is 5.32 Å². The van der Waals surface area contributed by atoms with Gasteiger partial charge >= 0.3 is 0 Å². The molecule has 0 aromatic carbocycles. The first-order valence-corrected chi connectivity index (χ1v) is 4.50. The van der Waals surface area contributed by atoms with Crippen molar-refractivity contribution in [3.63, 3.8) is 0 Å². The van der Waals surface area contributed by atoms with E-state index in [4.69, 9.17) is 0 Å². The normalized spacial score (nSPS) is 16.4. The van der Waals surface area contributed by atoms with E-state index in [0.29, 0.717) is 0 Å². The molecule has 1 aromatic rings. The van der Waals surface area contributed by atoms with Gasteiger partial charge in [-0.25, -0.2) is 0 Å². The van der Waals surface area contributed by atoms with Crippen LogP contribution in [0.1, 0.15) is 24.1 Å². The Bertz CT molecular complexity index is 266. The number of nitrogens with one attached hydrogen (secondary N) is 1. The van der Waals surface area contributed by atoms with Gasteiger partial charge in [0.25, 0.3) is 0 Å². The molecule has 64 valence electrons. The quantitative estimate of drug-likeness (QED) is 0.731. The third-order valence-corrected chi connectivity index (χ3v) is 2.25. The zero-order chi connectivity index (χ0) is 8.39. The highest BCUT2D eigenvalue weighted by atomic mass is 15.0. The second-order valence-electron chi connectivity index (χ2n) is 3.42. The molecular formula is C10H14N2. The molecule has 12 heavy (non-hydrogen) atoms. The molecule has 1 N–H and O–H groups in total. The predicted molar refractivity (Wildman–Crippen MR) is 48.8 cm³/mol. The van der Waals surface area contributed by atoms with Crippen LogP contribution < -0.4 is 5.32 Å². The van der Waals surface area contributed by atoms with E-state index in [9.17, 15) is 0 Å². The SMILES string of the molecule is Cc1cccnc1CNC1CC1. The van der Waals surface area contributed by atoms with Crippen molar-refractivity contribution in [2.24, 2.45) is 0 Å². The number of rotatable bonds is 3. The molecule has 0 saturated heterocycles. The van der Waals surface area contributed by atoms with Gasteiger partial charge in [0.2, 0.25) is 0 Å². The van der Waals surface area contributed by atoms with Gasteiger partial charge in [0, 0.05) is 18.8 Å². The molecule has 0 radical (unpaired) electrons. The van der Waals surface area contributed by atoms with Crippen LogP contribution in [0, 0.1) is 6.92 Å². The van der Waals surface area contributed by atoms with Crippen molar-refractivity contribution in [1.29, 1.82) is 0 Å². The maximum Gasteiger partial charge on any atom is 0.0570 e. The van der Waals surface area contributed by atoms with E-state index in [0.717, 1.165) is 12.6 Å². The van der Waals surface area contributed by atoms with Gasteiger partial charge in [-0.2, -0.15) is 0 Å². The highest BCUT2D eigenvalue weighted by Gasteiger charge is 2.20. The fourth-order valence-electron chi connectivity index (χ4n) is 1.23. The molecule has 0 bridgehead atoms. The standard InChI is InChI=1S/C10H14N2/c1-8-3-2-6-11-10(8)7-12-9-4-5-9/h2-3,6,9,12H,4-5,7H2,1H3. The van der Waals surface area contributed by atoms with Crippen molar-refractivity contribution in [3.8, 4) is 0 Å². The van der Waals surface area contributed by atoms with Gasteiger partial charge in [-0.1, -0.05) is 6.07 Å². The Hall–Kier alpha value is -0.890. The maximum atomic E-state index is 4.32. The number of nitrogens with zero attached hydrogens (tertiary/aromatic N) is 1. The van der Waals surface area contributed by atoms with Gasteiger partial charge in [0.1, 0.15) is 0 Å². The number of aromatic nitrogens is 1. The average Bonchev–Trinajstić information content (AvgIpc) is 2.86. The van der Waals surface area contributed by atoms with Crippen molar-refractivity contribution < 1.29 is 0 Å². The highest BCUT2D eigenvalue weighted by molar-refractivity contribution is 5.17. The van der Waals surface area contributed by atoms with Crippen molar-refractivity contribution in [1.82, 2.24) is 10.3 Å². The maximum absolute atomic E-state index is 4.32. The van der Waals surface area contributed by atoms with Crippen molar-refractivity contribution in [2.45, 2.75) is 32.4 Å². The van der Waals surface area contributed by atoms with E-state index in [-0.39, 0.29) is 0 Å². The molecule has 1 aliphatic carbocycles. The predicted octanol–water partition coefficient (Wildman–Crippen LogP) is 1.64. The zero-order valence-electron chi connectivity index (χ0n) is 7.38. The Balaban J connectivity index is 1.96. The minimum atomic E-state index is 0.770. The van der Waals surface area contributed by atoms with Crippen LogP contribution in [-0.4, -0.2) is 11.0 Å². The Labute approximate surface area is 73.0 Å². The number of hydrogen-bond donors (Lipinski definition) is 1. The number of aryl methyl sites for hydroxylation is 1. The third-order valence-electron chi connectivity index (χ3n) is 2.25. The zero-order valence-corrected chi connectivity index (χ0v) is 7.38. The van der Waals surface area contributed by atoms with Gasteiger partial charge in [0.15, 0.2) is 0 Å². The van der Waals surface area contributed by atoms with Crippen molar-refractivity contribution in [3.05, 3.63) is 29.6 Å². The number of pyridine rings is 1. The Morgan fingerprint density at radius 2 is 2.42 bits per heavy atom. The Kier molecular flexibility index (Phi) is 2.09. The molecule has 1 fully saturated rings. The molecule has 0 unspecified atom stereocenters. The smallest absolute Gasteiger partial charge is 0.0570 e. The Morgan fingerprint density at radius 3 is 3.08 bits per heavy atom. The highest BCUT2D eigenvalue weighted by Crippen LogP contribution is 2.19. The molecule has 0 amide bonds. The molecule has 1 heterocycles. The fourth-order valence-corrected chi connectivity index (χ4v) is 1.23. The lowest BCUT2D eigenvalue weighted by atomic mass is 10.2. The first-order valence-electron chi connectivity index (χ1n) is 4.50. The van der Waals surface area contributed by atoms with Crippen LogP contribution in [0.5, 0.6) is 0 Å². The van der Waals surface area contributed by atoms with Gasteiger partial charge in [-0.3, -0.25) is 4.98 Å². The second kappa shape index (κ2) is 3.23. The van der Waals surface area contributed by atoms with Crippen LogP contribution >= 0.6 is 0 Å². The largest absolute Gasteiger partial charge is 0.308 e. The van der Waals surface area contributed by atoms with E-state index in [1.165, 1.54) is 24.1 Å². The molecule has 1 aromatic heterocycles. The lowest BCUT2D eigenvalue weighted by Gasteiger charge is -2.04. The molecule has 2 heteroatoms. The molecule has 0 atom stereocenters. The summed E-state index contributed by atoms with van der Waals surface area (Å²) in [5.41, 5.74) is 2.47. The lowest BCUT2D eigenvalue weighted by Crippen LogP contribution is -2.16. The van der Waals surface area contributed by atoms with Crippen LogP contribution in [0.3, 0.4) is 0 Å². The molecule has 1 saturated carbocycles. The molecular weight excluding hydrogens is 148 g/mol. The van der Waals surface area contributed by atoms with Crippen LogP contribution in [0.2, 0.25) is 0 Å². The van der Waals surface area contributed by atoms with Crippen molar-refractivity contribution in [2.75, 3.05) is 0 Å². The summed E-state index contributed by atoms with van der Waals surface area (Å²) in [5, 5.41) is 3.45. The van der Waals surface area contributed by atoms with E-state index < -0.39 is 0 Å². The molecule has 2 nitrogen and oxygen atoms in total. The van der Waals surface area contributed by atoms with Gasteiger partial charge in [-0.05, 0) is 31.4 Å². The summed E-state index contributed by atoms with van der Waals surface area (Å²) in [4.78, 5) is 4.32. The van der Waals surface area contributed by atoms with E-state index in [1.54, 1.807) is 0 Å². The lowest BCUT2D eigenvalue weighted by molar-refractivity contribution is 0.671. The van der Waals surface area contributed by atoms with Crippen LogP contribution in [0.4, 0.5) is 0 Å². The summed E-state index contributed by atoms with van der Waals surface area (Å²) in [6.45, 7) is 3.04. The Morgan fingerprint density at radius 1 is 1.58 bits per heavy atom. The molecule has 2 rings (SSSR count). The molecule has 1 aliphatic rings. The molecule has 0 aliphatic heterocycles. The van der Waals surface area contributed by atoms with E-state index >= 15 is 0 Å². The summed E-state index contributed by atoms with van der Waals surface area (Å²) < 4.78 is 0. The summed E-state index contributed by atoms with van der Waals surface area (Å²) in [5.74, 6) is 0. The average molecular weight is 162 g/mol. The second-order valence-corrected chi connectivity index (χ2v) is 3.42. The summed E-state index contributed by atoms with van der Waals surface area (Å²) in [7, 11) is 0. The fraction of sp³-hybridized carbons (Fsp3) is 0.500. The summed E-state index contributed by atoms with van der Waals surface area (Å²) in [6.07, 6.45) is 4.54. The summed E-state index contributed by atoms with van der Waals surface area (Å²) in [6, 6.07) is 4.86. The van der Waals surface area contributed by atoms with E-state index in [1.807, 2.05) is 12.3 Å². The minimum Gasteiger partial charge on any atom is -0.308 e. The van der Waals surface area contributed by atoms with Crippen LogP contribution in [-0.2, 0) is 6.54 Å². The minimum absolute atomic E-state index is 0.770. The van der Waals surface area contributed by atoms with Crippen LogP contribution in [0.25, 0.3) is 0 Å².